The van der Waals surface area contributed by atoms with Crippen LogP contribution in [0.2, 0.25) is 0 Å². The Morgan fingerprint density at radius 3 is 1.53 bits per heavy atom. The molecule has 0 aromatic heterocycles. The minimum Gasteiger partial charge on any atom is -0.447 e. The van der Waals surface area contributed by atoms with E-state index in [1.807, 2.05) is 36.4 Å². The average molecular weight is 1100 g/mol. The van der Waals surface area contributed by atoms with Crippen LogP contribution in [0.5, 0.6) is 23.0 Å². The Kier molecular flexibility index (Phi) is 24.2. The highest BCUT2D eigenvalue weighted by atomic mass is 32.4. The highest BCUT2D eigenvalue weighted by Crippen LogP contribution is 2.75. The van der Waals surface area contributed by atoms with E-state index in [0.717, 1.165) is 22.3 Å². The van der Waals surface area contributed by atoms with Crippen LogP contribution >= 0.6 is 53.7 Å². The van der Waals surface area contributed by atoms with E-state index in [1.165, 1.54) is 28.4 Å². The van der Waals surface area contributed by atoms with E-state index in [9.17, 15) is 9.13 Å². The van der Waals surface area contributed by atoms with Gasteiger partial charge in [0, 0.05) is 51.0 Å². The van der Waals surface area contributed by atoms with Gasteiger partial charge in [-0.1, -0.05) is 35.5 Å². The Balaban J connectivity index is 1.28. The van der Waals surface area contributed by atoms with Crippen molar-refractivity contribution in [3.63, 3.8) is 0 Å². The smallest absolute Gasteiger partial charge is 0.447 e. The molecule has 68 heavy (non-hydrogen) atoms. The molecule has 4 aromatic carbocycles. The van der Waals surface area contributed by atoms with Crippen LogP contribution in [0.1, 0.15) is 22.3 Å². The summed E-state index contributed by atoms with van der Waals surface area (Å²) in [6, 6.07) is 28.5. The van der Waals surface area contributed by atoms with E-state index >= 15 is 0 Å². The van der Waals surface area contributed by atoms with Gasteiger partial charge in [-0.25, -0.2) is 4.76 Å². The van der Waals surface area contributed by atoms with Crippen molar-refractivity contribution in [2.45, 2.75) is 6.42 Å². The fourth-order valence-electron chi connectivity index (χ4n) is 5.06. The molecule has 4 aromatic rings. The zero-order valence-electron chi connectivity index (χ0n) is 37.3. The summed E-state index contributed by atoms with van der Waals surface area (Å²) >= 11 is 11.2. The maximum atomic E-state index is 12.9. The normalized spacial score (nSPS) is 13.1. The maximum absolute atomic E-state index is 12.9. The molecule has 5 atom stereocenters. The molecule has 0 aliphatic carbocycles. The van der Waals surface area contributed by atoms with Crippen LogP contribution in [0.15, 0.2) is 122 Å². The predicted molar refractivity (Wildman–Crippen MR) is 280 cm³/mol. The second-order valence-corrected chi connectivity index (χ2v) is 28.8. The molecular formula is C37H47N12O10P7S2+2. The van der Waals surface area contributed by atoms with Crippen molar-refractivity contribution in [1.29, 1.82) is 0 Å². The lowest BCUT2D eigenvalue weighted by Gasteiger charge is -2.27. The molecule has 0 saturated heterocycles. The summed E-state index contributed by atoms with van der Waals surface area (Å²) in [5.74, 6) is 2.01. The molecule has 0 aliphatic heterocycles. The molecule has 0 amide bonds. The van der Waals surface area contributed by atoms with Crippen molar-refractivity contribution < 1.29 is 45.6 Å². The summed E-state index contributed by atoms with van der Waals surface area (Å²) < 4.78 is 72.0. The molecule has 5 unspecified atom stereocenters. The first kappa shape index (κ1) is 56.5. The molecule has 0 spiro atoms. The van der Waals surface area contributed by atoms with Crippen molar-refractivity contribution >= 4 is 96.0 Å². The molecule has 0 fully saturated rings. The fourth-order valence-corrected chi connectivity index (χ4v) is 12.7. The number of azide groups is 2. The summed E-state index contributed by atoms with van der Waals surface area (Å²) in [4.78, 5) is 15.9. The fraction of sp³-hybridized carbons (Fsp3) is 0.270. The van der Waals surface area contributed by atoms with Gasteiger partial charge in [0.1, 0.15) is 29.3 Å². The molecule has 0 bridgehead atoms. The zero-order chi connectivity index (χ0) is 49.5. The van der Waals surface area contributed by atoms with Crippen LogP contribution in [-0.2, 0) is 57.3 Å². The van der Waals surface area contributed by atoms with Crippen LogP contribution < -0.4 is 18.4 Å². The average Bonchev–Trinajstić information content (AvgIpc) is 3.36. The highest BCUT2D eigenvalue weighted by molar-refractivity contribution is 8.51. The first-order chi connectivity index (χ1) is 32.6. The molecule has 0 heterocycles. The monoisotopic (exact) mass is 1100 g/mol. The Labute approximate surface area is 410 Å². The van der Waals surface area contributed by atoms with Crippen LogP contribution in [0.3, 0.4) is 0 Å². The van der Waals surface area contributed by atoms with Crippen LogP contribution in [0, 0.1) is 0 Å². The molecule has 360 valence electrons. The SMILES string of the molecule is COP(=O)(CN(CCc1ccc(O[P+](=S)N(C)N=Cc2ccc(OP(N=Cc3ccc(O[P+](=S)N(C)N=Cc4ccc(ON=[N+]=[N-])cc4)cc3)P(P)N=[N+]=[N-])cc2)cc1)CP(=O)(OC)OC)OC. The van der Waals surface area contributed by atoms with Gasteiger partial charge >= 0.3 is 29.3 Å². The summed E-state index contributed by atoms with van der Waals surface area (Å²) in [5, 5.41) is 11.9. The minimum atomic E-state index is -3.45. The van der Waals surface area contributed by atoms with Crippen molar-refractivity contribution in [2.24, 2.45) is 25.1 Å². The first-order valence-electron chi connectivity index (χ1n) is 19.4. The zero-order valence-corrected chi connectivity index (χ0v) is 45.5. The number of rotatable bonds is 29. The van der Waals surface area contributed by atoms with Gasteiger partial charge in [0.05, 0.1) is 34.0 Å². The van der Waals surface area contributed by atoms with Gasteiger partial charge < -0.3 is 27.5 Å². The van der Waals surface area contributed by atoms with Crippen LogP contribution in [0.25, 0.3) is 20.9 Å². The topological polar surface area (TPSA) is 252 Å². The van der Waals surface area contributed by atoms with Gasteiger partial charge in [0.15, 0.2) is 11.5 Å². The van der Waals surface area contributed by atoms with E-state index in [2.05, 4.69) is 43.9 Å². The number of nitrogens with zero attached hydrogens (tertiary/aromatic N) is 12. The second kappa shape index (κ2) is 29.2. The molecule has 0 saturated carbocycles. The maximum Gasteiger partial charge on any atom is 0.540 e. The van der Waals surface area contributed by atoms with E-state index in [4.69, 9.17) is 71.2 Å². The van der Waals surface area contributed by atoms with Gasteiger partial charge in [-0.05, 0) is 125 Å². The van der Waals surface area contributed by atoms with Crippen LogP contribution in [0.4, 0.5) is 0 Å². The molecule has 22 nitrogen and oxygen atoms in total. The molecular weight excluding hydrogens is 1050 g/mol. The predicted octanol–water partition coefficient (Wildman–Crippen LogP) is 12.5. The number of hydrogen-bond acceptors (Lipinski definition) is 18. The lowest BCUT2D eigenvalue weighted by Crippen LogP contribution is -2.29. The quantitative estimate of drug-likeness (QED) is 0.0122. The van der Waals surface area contributed by atoms with E-state index in [1.54, 1.807) is 108 Å². The van der Waals surface area contributed by atoms with E-state index in [-0.39, 0.29) is 12.6 Å². The Morgan fingerprint density at radius 2 is 1.09 bits per heavy atom. The standard InChI is InChI=1S/C37H47N12O10P7S2/c1-47(40-25-31-9-15-34(16-10-31)56-45-43-38)64(68)59-37-21-13-33(14-22-37)27-42-61(62(60)46-44-39)57-35-19-11-32(12-20-35)26-41-48(2)63(67)58-36-17-7-30(8-18-36)23-24-49(28-65(50,52-3)53-4)29-66(51,54-5)55-6/h7-22,25-27H,23-24,28-29,60H2,1-6H3/q+2. The molecule has 4 rings (SSSR count). The molecule has 0 radical (unpaired) electrons. The summed E-state index contributed by atoms with van der Waals surface area (Å²) in [6.07, 6.45) is 5.21. The highest BCUT2D eigenvalue weighted by Gasteiger charge is 2.32. The summed E-state index contributed by atoms with van der Waals surface area (Å²) in [5.41, 5.74) is 20.8. The third-order valence-corrected chi connectivity index (χ3v) is 21.4. The van der Waals surface area contributed by atoms with E-state index in [0.29, 0.717) is 36.0 Å². The van der Waals surface area contributed by atoms with Gasteiger partial charge in [-0.2, -0.15) is 0 Å². The van der Waals surface area contributed by atoms with Crippen molar-refractivity contribution in [3.8, 4) is 23.0 Å². The molecule has 0 aliphatic rings. The Hall–Kier alpha value is -4.10. The summed E-state index contributed by atoms with van der Waals surface area (Å²) in [7, 11) is -1.84. The third-order valence-electron chi connectivity index (χ3n) is 8.71. The minimum absolute atomic E-state index is 0.108. The van der Waals surface area contributed by atoms with Crippen LogP contribution in [-0.4, -0.2) is 94.8 Å². The Morgan fingerprint density at radius 1 is 0.662 bits per heavy atom. The molecule has 31 heteroatoms. The Bertz CT molecular complexity index is 2540. The first-order valence-corrected chi connectivity index (χ1v) is 32.1. The number of hydrazone groups is 2. The number of benzene rings is 4. The van der Waals surface area contributed by atoms with E-state index < -0.39 is 44.8 Å². The van der Waals surface area contributed by atoms with Gasteiger partial charge in [-0.15, -0.1) is 10.2 Å². The molecule has 0 N–H and O–H groups in total. The second-order valence-electron chi connectivity index (χ2n) is 13.2. The van der Waals surface area contributed by atoms with Gasteiger partial charge in [0.2, 0.25) is 31.6 Å². The number of hydrogen-bond donors (Lipinski definition) is 0. The van der Waals surface area contributed by atoms with Gasteiger partial charge in [0.25, 0.3) is 0 Å². The lowest BCUT2D eigenvalue weighted by atomic mass is 10.1. The largest absolute Gasteiger partial charge is 0.540 e. The third kappa shape index (κ3) is 19.4. The summed E-state index contributed by atoms with van der Waals surface area (Å²) in [6.45, 7) is 0.359. The lowest BCUT2D eigenvalue weighted by molar-refractivity contribution is 0.224. The van der Waals surface area contributed by atoms with Crippen molar-refractivity contribution in [1.82, 2.24) is 14.5 Å². The van der Waals surface area contributed by atoms with Crippen molar-refractivity contribution in [2.75, 3.05) is 61.7 Å². The van der Waals surface area contributed by atoms with Gasteiger partial charge in [-0.3, -0.25) is 23.1 Å². The van der Waals surface area contributed by atoms with Crippen molar-refractivity contribution in [3.05, 3.63) is 140 Å².